The Morgan fingerprint density at radius 3 is 2.59 bits per heavy atom. The van der Waals surface area contributed by atoms with Gasteiger partial charge in [0, 0.05) is 11.8 Å². The zero-order valence-corrected chi connectivity index (χ0v) is 20.6. The lowest BCUT2D eigenvalue weighted by atomic mass is 9.97. The summed E-state index contributed by atoms with van der Waals surface area (Å²) < 4.78 is 6.42. The Bertz CT molecular complexity index is 1710. The highest BCUT2D eigenvalue weighted by atomic mass is 32.1. The number of benzene rings is 3. The van der Waals surface area contributed by atoms with Crippen LogP contribution in [0.5, 0.6) is 5.75 Å². The molecular formula is C29H21N3O4S. The molecule has 1 saturated heterocycles. The highest BCUT2D eigenvalue weighted by Crippen LogP contribution is 2.44. The highest BCUT2D eigenvalue weighted by Gasteiger charge is 2.48. The maximum atomic E-state index is 13.4. The van der Waals surface area contributed by atoms with Gasteiger partial charge in [0.1, 0.15) is 17.6 Å². The third-order valence-corrected chi connectivity index (χ3v) is 7.32. The largest absolute Gasteiger partial charge is 0.507 e. The predicted molar refractivity (Wildman–Crippen MR) is 144 cm³/mol. The van der Waals surface area contributed by atoms with E-state index in [2.05, 4.69) is 9.97 Å². The number of Topliss-reactive ketones (excluding diaryl/α,β-unsaturated/α-hetero) is 1. The number of aromatic nitrogens is 2. The van der Waals surface area contributed by atoms with Crippen LogP contribution in [0.15, 0.2) is 90.6 Å². The Kier molecular flexibility index (Phi) is 5.65. The van der Waals surface area contributed by atoms with Crippen LogP contribution in [-0.2, 0) is 9.59 Å². The standard InChI is InChI=1S/C29H21N3O4S/c1-2-36-20-12-13-21-23(16-20)37-29(31-21)32-25(22-9-5-6-14-30-22)24(27(34)28(32)35)26(33)19-11-10-17-7-3-4-8-18(17)15-19/h3-16,25,33H,2H2,1H3/b26-24+. The number of ketones is 1. The molecule has 0 aliphatic carbocycles. The smallest absolute Gasteiger partial charge is 0.301 e. The van der Waals surface area contributed by atoms with Crippen LogP contribution < -0.4 is 9.64 Å². The number of ether oxygens (including phenoxy) is 1. The maximum absolute atomic E-state index is 13.4. The number of amides is 1. The van der Waals surface area contributed by atoms with Crippen LogP contribution in [0.4, 0.5) is 5.13 Å². The SMILES string of the molecule is CCOc1ccc2nc(N3C(=O)C(=O)/C(=C(/O)c4ccc5ccccc5c4)C3c3ccccn3)sc2c1. The summed E-state index contributed by atoms with van der Waals surface area (Å²) in [7, 11) is 0. The minimum Gasteiger partial charge on any atom is -0.507 e. The summed E-state index contributed by atoms with van der Waals surface area (Å²) in [5.74, 6) is -1.09. The Balaban J connectivity index is 1.52. The number of hydrogen-bond donors (Lipinski definition) is 1. The van der Waals surface area contributed by atoms with Crippen molar-refractivity contribution in [3.8, 4) is 5.75 Å². The molecule has 37 heavy (non-hydrogen) atoms. The van der Waals surface area contributed by atoms with E-state index in [4.69, 9.17) is 4.74 Å². The third-order valence-electron chi connectivity index (χ3n) is 6.30. The van der Waals surface area contributed by atoms with Gasteiger partial charge in [-0.05, 0) is 54.1 Å². The van der Waals surface area contributed by atoms with E-state index < -0.39 is 17.7 Å². The van der Waals surface area contributed by atoms with Crippen molar-refractivity contribution in [2.75, 3.05) is 11.5 Å². The fraction of sp³-hybridized carbons (Fsp3) is 0.103. The van der Waals surface area contributed by atoms with Gasteiger partial charge in [0.25, 0.3) is 5.78 Å². The number of nitrogens with zero attached hydrogens (tertiary/aromatic N) is 3. The first-order valence-electron chi connectivity index (χ1n) is 11.8. The van der Waals surface area contributed by atoms with Gasteiger partial charge in [-0.1, -0.05) is 53.8 Å². The maximum Gasteiger partial charge on any atom is 0.301 e. The number of aliphatic hydroxyl groups excluding tert-OH is 1. The van der Waals surface area contributed by atoms with Gasteiger partial charge in [-0.15, -0.1) is 0 Å². The van der Waals surface area contributed by atoms with Crippen LogP contribution in [0.3, 0.4) is 0 Å². The van der Waals surface area contributed by atoms with E-state index in [1.165, 1.54) is 16.2 Å². The molecule has 0 saturated carbocycles. The normalized spacial score (nSPS) is 17.1. The number of anilines is 1. The van der Waals surface area contributed by atoms with E-state index in [0.717, 1.165) is 15.5 Å². The molecule has 1 amide bonds. The molecule has 5 aromatic rings. The van der Waals surface area contributed by atoms with Crippen LogP contribution >= 0.6 is 11.3 Å². The van der Waals surface area contributed by atoms with Crippen molar-refractivity contribution in [1.82, 2.24) is 9.97 Å². The van der Waals surface area contributed by atoms with Crippen molar-refractivity contribution >= 4 is 54.9 Å². The number of carbonyl (C=O) groups is 2. The van der Waals surface area contributed by atoms with E-state index in [1.807, 2.05) is 55.5 Å². The number of pyridine rings is 1. The monoisotopic (exact) mass is 507 g/mol. The zero-order chi connectivity index (χ0) is 25.5. The first-order valence-corrected chi connectivity index (χ1v) is 12.6. The summed E-state index contributed by atoms with van der Waals surface area (Å²) in [4.78, 5) is 37.3. The molecule has 1 fully saturated rings. The number of carbonyl (C=O) groups excluding carboxylic acids is 2. The summed E-state index contributed by atoms with van der Waals surface area (Å²) in [5, 5.41) is 13.7. The van der Waals surface area contributed by atoms with Gasteiger partial charge in [0.15, 0.2) is 5.13 Å². The first-order chi connectivity index (χ1) is 18.0. The number of aliphatic hydroxyl groups is 1. The first kappa shape index (κ1) is 22.9. The van der Waals surface area contributed by atoms with Gasteiger partial charge in [-0.2, -0.15) is 0 Å². The van der Waals surface area contributed by atoms with Crippen molar-refractivity contribution in [3.63, 3.8) is 0 Å². The van der Waals surface area contributed by atoms with Crippen LogP contribution in [0.25, 0.3) is 26.7 Å². The van der Waals surface area contributed by atoms with Crippen molar-refractivity contribution < 1.29 is 19.4 Å². The summed E-state index contributed by atoms with van der Waals surface area (Å²) in [6.45, 7) is 2.43. The number of rotatable bonds is 5. The Morgan fingerprint density at radius 2 is 1.81 bits per heavy atom. The molecule has 0 spiro atoms. The molecule has 0 radical (unpaired) electrons. The van der Waals surface area contributed by atoms with Gasteiger partial charge in [0.05, 0.1) is 28.1 Å². The fourth-order valence-electron chi connectivity index (χ4n) is 4.59. The molecule has 2 aromatic heterocycles. The average molecular weight is 508 g/mol. The molecule has 6 rings (SSSR count). The van der Waals surface area contributed by atoms with E-state index in [9.17, 15) is 14.7 Å². The van der Waals surface area contributed by atoms with E-state index in [-0.39, 0.29) is 11.3 Å². The molecule has 1 unspecified atom stereocenters. The Hall–Kier alpha value is -4.56. The van der Waals surface area contributed by atoms with Gasteiger partial charge in [0.2, 0.25) is 0 Å². The third kappa shape index (κ3) is 3.91. The second kappa shape index (κ2) is 9.15. The lowest BCUT2D eigenvalue weighted by Gasteiger charge is -2.22. The van der Waals surface area contributed by atoms with Gasteiger partial charge >= 0.3 is 5.91 Å². The van der Waals surface area contributed by atoms with Crippen molar-refractivity contribution in [1.29, 1.82) is 0 Å². The molecule has 182 valence electrons. The minimum atomic E-state index is -0.931. The average Bonchev–Trinajstić information content (AvgIpc) is 3.46. The van der Waals surface area contributed by atoms with E-state index >= 15 is 0 Å². The van der Waals surface area contributed by atoms with E-state index in [1.54, 1.807) is 36.5 Å². The van der Waals surface area contributed by atoms with Crippen molar-refractivity contribution in [2.24, 2.45) is 0 Å². The molecule has 1 aliphatic rings. The summed E-state index contributed by atoms with van der Waals surface area (Å²) >= 11 is 1.28. The van der Waals surface area contributed by atoms with Crippen LogP contribution in [0, 0.1) is 0 Å². The van der Waals surface area contributed by atoms with Gasteiger partial charge in [-0.3, -0.25) is 19.5 Å². The quantitative estimate of drug-likeness (QED) is 0.182. The van der Waals surface area contributed by atoms with Crippen LogP contribution in [0.1, 0.15) is 24.2 Å². The predicted octanol–water partition coefficient (Wildman–Crippen LogP) is 5.87. The molecular weight excluding hydrogens is 486 g/mol. The summed E-state index contributed by atoms with van der Waals surface area (Å²) in [6, 6.07) is 23.0. The molecule has 8 heteroatoms. The Labute approximate surface area is 216 Å². The molecule has 1 atom stereocenters. The van der Waals surface area contributed by atoms with Gasteiger partial charge in [-0.25, -0.2) is 4.98 Å². The molecule has 7 nitrogen and oxygen atoms in total. The summed E-state index contributed by atoms with van der Waals surface area (Å²) in [6.07, 6.45) is 1.60. The van der Waals surface area contributed by atoms with Gasteiger partial charge < -0.3 is 9.84 Å². The van der Waals surface area contributed by atoms with Crippen LogP contribution in [0.2, 0.25) is 0 Å². The molecule has 0 bridgehead atoms. The zero-order valence-electron chi connectivity index (χ0n) is 19.8. The second-order valence-corrected chi connectivity index (χ2v) is 9.55. The van der Waals surface area contributed by atoms with E-state index in [0.29, 0.717) is 34.3 Å². The fourth-order valence-corrected chi connectivity index (χ4v) is 5.61. The summed E-state index contributed by atoms with van der Waals surface area (Å²) in [5.41, 5.74) is 1.56. The molecule has 1 aliphatic heterocycles. The number of hydrogen-bond acceptors (Lipinski definition) is 7. The van der Waals surface area contributed by atoms with Crippen molar-refractivity contribution in [3.05, 3.63) is 102 Å². The number of thiazole rings is 1. The lowest BCUT2D eigenvalue weighted by Crippen LogP contribution is -2.29. The molecule has 1 N–H and O–H groups in total. The number of fused-ring (bicyclic) bond motifs is 2. The molecule has 3 aromatic carbocycles. The van der Waals surface area contributed by atoms with Crippen molar-refractivity contribution in [2.45, 2.75) is 13.0 Å². The Morgan fingerprint density at radius 1 is 1.00 bits per heavy atom. The topological polar surface area (TPSA) is 92.6 Å². The second-order valence-electron chi connectivity index (χ2n) is 8.54. The minimum absolute atomic E-state index is 0.0201. The molecule has 3 heterocycles. The highest BCUT2D eigenvalue weighted by molar-refractivity contribution is 7.22. The van der Waals surface area contributed by atoms with Crippen LogP contribution in [-0.4, -0.2) is 33.4 Å². The lowest BCUT2D eigenvalue weighted by molar-refractivity contribution is -0.132.